The Labute approximate surface area is 127 Å². The summed E-state index contributed by atoms with van der Waals surface area (Å²) in [7, 11) is 0. The molecule has 0 spiro atoms. The summed E-state index contributed by atoms with van der Waals surface area (Å²) in [4.78, 5) is 38.1. The zero-order valence-corrected chi connectivity index (χ0v) is 12.2. The van der Waals surface area contributed by atoms with E-state index in [-0.39, 0.29) is 30.2 Å². The number of anilines is 1. The van der Waals surface area contributed by atoms with Gasteiger partial charge in [0.2, 0.25) is 17.7 Å². The fraction of sp³-hybridized carbons (Fsp3) is 0.600. The first-order valence-electron chi connectivity index (χ1n) is 7.63. The molecule has 3 fully saturated rings. The topological polar surface area (TPSA) is 92.5 Å². The first kappa shape index (κ1) is 13.5. The number of carbonyl (C=O) groups excluding carboxylic acids is 3. The van der Waals surface area contributed by atoms with Crippen LogP contribution in [0.5, 0.6) is 0 Å². The Balaban J connectivity index is 1.46. The van der Waals surface area contributed by atoms with Crippen molar-refractivity contribution in [3.63, 3.8) is 0 Å². The van der Waals surface area contributed by atoms with Gasteiger partial charge in [-0.05, 0) is 38.0 Å². The Bertz CT molecular complexity index is 639. The van der Waals surface area contributed by atoms with Crippen molar-refractivity contribution >= 4 is 23.5 Å². The summed E-state index contributed by atoms with van der Waals surface area (Å²) in [5.74, 6) is 0.387. The maximum atomic E-state index is 12.5. The number of likely N-dealkylation sites (tertiary alicyclic amines) is 1. The first-order chi connectivity index (χ1) is 10.5. The molecule has 1 aromatic heterocycles. The van der Waals surface area contributed by atoms with Crippen LogP contribution in [-0.4, -0.2) is 34.3 Å². The molecule has 2 saturated carbocycles. The molecule has 4 atom stereocenters. The van der Waals surface area contributed by atoms with E-state index < -0.39 is 5.91 Å². The number of nitrogens with one attached hydrogen (secondary N) is 1. The number of rotatable bonds is 3. The molecule has 1 aromatic rings. The highest BCUT2D eigenvalue weighted by Crippen LogP contribution is 2.55. The number of imide groups is 1. The largest absolute Gasteiger partial charge is 0.360 e. The monoisotopic (exact) mass is 303 g/mol. The van der Waals surface area contributed by atoms with Crippen LogP contribution in [-0.2, 0) is 14.4 Å². The molecule has 2 heterocycles. The lowest BCUT2D eigenvalue weighted by Crippen LogP contribution is -2.39. The number of nitrogens with zero attached hydrogens (tertiary/aromatic N) is 2. The first-order valence-corrected chi connectivity index (χ1v) is 7.63. The van der Waals surface area contributed by atoms with Gasteiger partial charge in [-0.25, -0.2) is 0 Å². The van der Waals surface area contributed by atoms with Crippen molar-refractivity contribution in [2.24, 2.45) is 23.7 Å². The van der Waals surface area contributed by atoms with Crippen molar-refractivity contribution in [1.82, 2.24) is 10.1 Å². The zero-order valence-electron chi connectivity index (χ0n) is 12.2. The van der Waals surface area contributed by atoms with Crippen molar-refractivity contribution in [1.29, 1.82) is 0 Å². The number of aryl methyl sites for hydroxylation is 1. The van der Waals surface area contributed by atoms with Gasteiger partial charge < -0.3 is 9.84 Å². The van der Waals surface area contributed by atoms with Gasteiger partial charge >= 0.3 is 0 Å². The lowest BCUT2D eigenvalue weighted by Gasteiger charge is -2.19. The van der Waals surface area contributed by atoms with Crippen molar-refractivity contribution in [2.75, 3.05) is 11.9 Å². The van der Waals surface area contributed by atoms with E-state index in [0.29, 0.717) is 23.4 Å². The maximum absolute atomic E-state index is 12.5. The SMILES string of the molecule is Cc1cc(NC(=O)CN2C(=O)C3C4CCC(C4)C3C2=O)no1. The predicted molar refractivity (Wildman–Crippen MR) is 74.4 cm³/mol. The second-order valence-corrected chi connectivity index (χ2v) is 6.52. The Kier molecular flexibility index (Phi) is 2.85. The molecule has 4 rings (SSSR count). The molecule has 0 aromatic carbocycles. The third kappa shape index (κ3) is 1.88. The highest BCUT2D eigenvalue weighted by molar-refractivity contribution is 6.09. The molecule has 0 radical (unpaired) electrons. The summed E-state index contributed by atoms with van der Waals surface area (Å²) in [5, 5.41) is 6.21. The number of aromatic nitrogens is 1. The van der Waals surface area contributed by atoms with Gasteiger partial charge in [0.25, 0.3) is 0 Å². The zero-order chi connectivity index (χ0) is 15.4. The van der Waals surface area contributed by atoms with Gasteiger partial charge in [-0.3, -0.25) is 19.3 Å². The molecule has 4 unspecified atom stereocenters. The second kappa shape index (κ2) is 4.66. The van der Waals surface area contributed by atoms with Crippen molar-refractivity contribution < 1.29 is 18.9 Å². The number of carbonyl (C=O) groups is 3. The van der Waals surface area contributed by atoms with Crippen LogP contribution in [0, 0.1) is 30.6 Å². The number of hydrogen-bond donors (Lipinski definition) is 1. The van der Waals surface area contributed by atoms with Gasteiger partial charge in [-0.2, -0.15) is 0 Å². The Morgan fingerprint density at radius 1 is 1.32 bits per heavy atom. The summed E-state index contributed by atoms with van der Waals surface area (Å²) in [5.41, 5.74) is 0. The fourth-order valence-electron chi connectivity index (χ4n) is 4.38. The highest BCUT2D eigenvalue weighted by atomic mass is 16.5. The van der Waals surface area contributed by atoms with E-state index in [0.717, 1.165) is 24.2 Å². The minimum Gasteiger partial charge on any atom is -0.360 e. The van der Waals surface area contributed by atoms with Crippen LogP contribution in [0.2, 0.25) is 0 Å². The van der Waals surface area contributed by atoms with Gasteiger partial charge in [-0.1, -0.05) is 5.16 Å². The van der Waals surface area contributed by atoms with Gasteiger partial charge in [0.05, 0.1) is 11.8 Å². The molecule has 2 aliphatic carbocycles. The summed E-state index contributed by atoms with van der Waals surface area (Å²) in [6.45, 7) is 1.48. The number of hydrogen-bond acceptors (Lipinski definition) is 5. The lowest BCUT2D eigenvalue weighted by molar-refractivity contribution is -0.143. The molecule has 7 heteroatoms. The molecule has 1 N–H and O–H groups in total. The van der Waals surface area contributed by atoms with Crippen LogP contribution in [0.15, 0.2) is 10.6 Å². The molecule has 1 aliphatic heterocycles. The van der Waals surface area contributed by atoms with E-state index >= 15 is 0 Å². The van der Waals surface area contributed by atoms with Crippen LogP contribution < -0.4 is 5.32 Å². The van der Waals surface area contributed by atoms with E-state index in [1.807, 2.05) is 0 Å². The van der Waals surface area contributed by atoms with Crippen LogP contribution in [0.3, 0.4) is 0 Å². The predicted octanol–water partition coefficient (Wildman–Crippen LogP) is 0.953. The molecule has 1 saturated heterocycles. The van der Waals surface area contributed by atoms with E-state index in [9.17, 15) is 14.4 Å². The van der Waals surface area contributed by atoms with Gasteiger partial charge in [0.1, 0.15) is 12.3 Å². The minimum absolute atomic E-state index is 0.173. The standard InChI is InChI=1S/C15H17N3O4/c1-7-4-10(17-22-7)16-11(19)6-18-14(20)12-8-2-3-9(5-8)13(12)15(18)21/h4,8-9,12-13H,2-3,5-6H2,1H3,(H,16,17,19). The van der Waals surface area contributed by atoms with Crippen LogP contribution in [0.25, 0.3) is 0 Å². The van der Waals surface area contributed by atoms with Crippen LogP contribution in [0.1, 0.15) is 25.0 Å². The minimum atomic E-state index is -0.428. The smallest absolute Gasteiger partial charge is 0.245 e. The molecule has 7 nitrogen and oxygen atoms in total. The molecule has 22 heavy (non-hydrogen) atoms. The van der Waals surface area contributed by atoms with Gasteiger partial charge in [-0.15, -0.1) is 0 Å². The molecule has 3 aliphatic rings. The average Bonchev–Trinajstić information content (AvgIpc) is 3.21. The quantitative estimate of drug-likeness (QED) is 0.839. The summed E-state index contributed by atoms with van der Waals surface area (Å²) in [6.07, 6.45) is 3.05. The molecule has 3 amide bonds. The summed E-state index contributed by atoms with van der Waals surface area (Å²) < 4.78 is 4.86. The third-order valence-electron chi connectivity index (χ3n) is 5.22. The Hall–Kier alpha value is -2.18. The van der Waals surface area contributed by atoms with Crippen LogP contribution >= 0.6 is 0 Å². The Morgan fingerprint density at radius 2 is 1.95 bits per heavy atom. The molecule has 116 valence electrons. The number of amides is 3. The summed E-state index contributed by atoms with van der Waals surface area (Å²) in [6, 6.07) is 1.58. The molecular weight excluding hydrogens is 286 g/mol. The normalized spacial score (nSPS) is 32.7. The van der Waals surface area contributed by atoms with Crippen molar-refractivity contribution in [3.05, 3.63) is 11.8 Å². The van der Waals surface area contributed by atoms with E-state index in [4.69, 9.17) is 4.52 Å². The van der Waals surface area contributed by atoms with Crippen LogP contribution in [0.4, 0.5) is 5.82 Å². The van der Waals surface area contributed by atoms with E-state index in [1.165, 1.54) is 0 Å². The van der Waals surface area contributed by atoms with Crippen molar-refractivity contribution in [2.45, 2.75) is 26.2 Å². The highest BCUT2D eigenvalue weighted by Gasteiger charge is 2.60. The Morgan fingerprint density at radius 3 is 2.50 bits per heavy atom. The fourth-order valence-corrected chi connectivity index (χ4v) is 4.38. The number of fused-ring (bicyclic) bond motifs is 5. The van der Waals surface area contributed by atoms with Crippen molar-refractivity contribution in [3.8, 4) is 0 Å². The molecular formula is C15H17N3O4. The van der Waals surface area contributed by atoms with E-state index in [1.54, 1.807) is 13.0 Å². The van der Waals surface area contributed by atoms with Gasteiger partial charge in [0.15, 0.2) is 5.82 Å². The molecule has 2 bridgehead atoms. The van der Waals surface area contributed by atoms with E-state index in [2.05, 4.69) is 10.5 Å². The second-order valence-electron chi connectivity index (χ2n) is 6.52. The lowest BCUT2D eigenvalue weighted by atomic mass is 9.81. The van der Waals surface area contributed by atoms with Gasteiger partial charge in [0, 0.05) is 6.07 Å². The maximum Gasteiger partial charge on any atom is 0.245 e. The summed E-state index contributed by atoms with van der Waals surface area (Å²) >= 11 is 0. The average molecular weight is 303 g/mol. The third-order valence-corrected chi connectivity index (χ3v) is 5.22.